The molecule has 0 spiro atoms. The van der Waals surface area contributed by atoms with Gasteiger partial charge in [-0.15, -0.1) is 0 Å². The Hall–Kier alpha value is -1.13. The number of likely N-dealkylation sites (tertiary alicyclic amines) is 1. The Balaban J connectivity index is 2.13. The summed E-state index contributed by atoms with van der Waals surface area (Å²) in [5, 5.41) is 10.5. The maximum atomic E-state index is 10.5. The first-order chi connectivity index (χ1) is 7.50. The van der Waals surface area contributed by atoms with Gasteiger partial charge in [-0.05, 0) is 32.0 Å². The van der Waals surface area contributed by atoms with Crippen LogP contribution >= 0.6 is 0 Å². The molecule has 1 fully saturated rings. The second kappa shape index (κ2) is 4.03. The third kappa shape index (κ3) is 2.18. The molecule has 0 saturated carbocycles. The molecule has 2 atom stereocenters. The first-order valence-corrected chi connectivity index (χ1v) is 5.61. The van der Waals surface area contributed by atoms with Gasteiger partial charge < -0.3 is 15.7 Å². The van der Waals surface area contributed by atoms with E-state index in [0.29, 0.717) is 24.7 Å². The molecule has 88 valence electrons. The molecule has 1 aromatic heterocycles. The van der Waals surface area contributed by atoms with Gasteiger partial charge in [0.1, 0.15) is 0 Å². The lowest BCUT2D eigenvalue weighted by Crippen LogP contribution is -2.34. The minimum absolute atomic E-state index is 0.419. The highest BCUT2D eigenvalue weighted by Crippen LogP contribution is 2.30. The number of nitrogens with zero attached hydrogens (tertiary/aromatic N) is 2. The van der Waals surface area contributed by atoms with E-state index in [1.807, 2.05) is 7.05 Å². The number of nitrogen functional groups attached to an aromatic ring is 1. The van der Waals surface area contributed by atoms with Crippen LogP contribution in [0.1, 0.15) is 18.9 Å². The van der Waals surface area contributed by atoms with Gasteiger partial charge in [-0.25, -0.2) is 0 Å². The van der Waals surface area contributed by atoms with E-state index in [9.17, 15) is 5.11 Å². The Morgan fingerprint density at radius 2 is 2.44 bits per heavy atom. The third-order valence-electron chi connectivity index (χ3n) is 3.43. The van der Waals surface area contributed by atoms with Gasteiger partial charge in [0.25, 0.3) is 0 Å². The van der Waals surface area contributed by atoms with Crippen molar-refractivity contribution in [2.75, 3.05) is 19.3 Å². The highest BCUT2D eigenvalue weighted by molar-refractivity contribution is 5.45. The highest BCUT2D eigenvalue weighted by Gasteiger charge is 2.39. The molecule has 0 amide bonds. The van der Waals surface area contributed by atoms with Crippen LogP contribution in [0.15, 0.2) is 18.5 Å². The van der Waals surface area contributed by atoms with Crippen LogP contribution in [-0.2, 0) is 6.42 Å². The summed E-state index contributed by atoms with van der Waals surface area (Å²) in [6, 6.07) is 2.20. The minimum atomic E-state index is -0.661. The van der Waals surface area contributed by atoms with Crippen LogP contribution in [0.5, 0.6) is 0 Å². The molecule has 2 heterocycles. The number of rotatable bonds is 2. The number of hydrogen-bond acceptors (Lipinski definition) is 4. The van der Waals surface area contributed by atoms with Crippen LogP contribution in [-0.4, -0.2) is 40.2 Å². The predicted molar refractivity (Wildman–Crippen MR) is 64.0 cm³/mol. The molecule has 4 heteroatoms. The summed E-state index contributed by atoms with van der Waals surface area (Å²) in [7, 11) is 2.04. The molecule has 2 unspecified atom stereocenters. The van der Waals surface area contributed by atoms with Crippen molar-refractivity contribution in [2.24, 2.45) is 0 Å². The summed E-state index contributed by atoms with van der Waals surface area (Å²) in [4.78, 5) is 6.23. The van der Waals surface area contributed by atoms with Gasteiger partial charge in [0.2, 0.25) is 0 Å². The number of likely N-dealkylation sites (N-methyl/N-ethyl adjacent to an activating group) is 1. The molecular formula is C12H19N3O. The summed E-state index contributed by atoms with van der Waals surface area (Å²) in [5.74, 6) is 0. The van der Waals surface area contributed by atoms with Crippen LogP contribution in [0.25, 0.3) is 0 Å². The number of pyridine rings is 1. The number of β-amino-alcohol motifs (C(OH)–C–C–N with tert-alkyl or cyclic N) is 1. The van der Waals surface area contributed by atoms with E-state index in [-0.39, 0.29) is 0 Å². The van der Waals surface area contributed by atoms with Crippen LogP contribution in [0, 0.1) is 0 Å². The predicted octanol–water partition coefficient (Wildman–Crippen LogP) is 0.661. The molecule has 1 aromatic rings. The van der Waals surface area contributed by atoms with Crippen molar-refractivity contribution in [3.05, 3.63) is 24.0 Å². The molecule has 0 bridgehead atoms. The maximum Gasteiger partial charge on any atom is 0.0830 e. The smallest absolute Gasteiger partial charge is 0.0830 e. The van der Waals surface area contributed by atoms with E-state index in [2.05, 4.69) is 16.8 Å². The van der Waals surface area contributed by atoms with Crippen molar-refractivity contribution in [3.8, 4) is 0 Å². The zero-order valence-electron chi connectivity index (χ0n) is 9.85. The topological polar surface area (TPSA) is 62.4 Å². The van der Waals surface area contributed by atoms with Gasteiger partial charge >= 0.3 is 0 Å². The van der Waals surface area contributed by atoms with Crippen molar-refractivity contribution in [1.82, 2.24) is 9.88 Å². The van der Waals surface area contributed by atoms with Gasteiger partial charge in [-0.1, -0.05) is 0 Å². The van der Waals surface area contributed by atoms with E-state index >= 15 is 0 Å². The van der Waals surface area contributed by atoms with Crippen LogP contribution in [0.2, 0.25) is 0 Å². The van der Waals surface area contributed by atoms with Crippen LogP contribution < -0.4 is 5.73 Å². The van der Waals surface area contributed by atoms with E-state index in [4.69, 9.17) is 5.73 Å². The van der Waals surface area contributed by atoms with Crippen molar-refractivity contribution in [2.45, 2.75) is 31.4 Å². The third-order valence-corrected chi connectivity index (χ3v) is 3.43. The molecular weight excluding hydrogens is 202 g/mol. The standard InChI is InChI=1S/C12H19N3O/c1-9-5-12(16,8-15(9)2)6-10-7-14-4-3-11(10)13/h3-4,7,9,16H,5-6,8H2,1-2H3,(H2,13,14). The fourth-order valence-electron chi connectivity index (χ4n) is 2.46. The summed E-state index contributed by atoms with van der Waals surface area (Å²) in [6.45, 7) is 2.83. The number of aliphatic hydroxyl groups is 1. The van der Waals surface area contributed by atoms with Gasteiger partial charge in [0.05, 0.1) is 5.60 Å². The second-order valence-electron chi connectivity index (χ2n) is 4.94. The number of aromatic nitrogens is 1. The zero-order chi connectivity index (χ0) is 11.8. The number of anilines is 1. The minimum Gasteiger partial charge on any atom is -0.398 e. The average molecular weight is 221 g/mol. The lowest BCUT2D eigenvalue weighted by atomic mass is 9.92. The average Bonchev–Trinajstić information content (AvgIpc) is 2.45. The Labute approximate surface area is 96.1 Å². The Bertz CT molecular complexity index is 370. The maximum absolute atomic E-state index is 10.5. The molecule has 16 heavy (non-hydrogen) atoms. The van der Waals surface area contributed by atoms with E-state index < -0.39 is 5.60 Å². The molecule has 1 saturated heterocycles. The molecule has 4 nitrogen and oxygen atoms in total. The summed E-state index contributed by atoms with van der Waals surface area (Å²) in [5.41, 5.74) is 6.85. The van der Waals surface area contributed by atoms with Gasteiger partial charge in [-0.2, -0.15) is 0 Å². The Kier molecular flexibility index (Phi) is 2.86. The van der Waals surface area contributed by atoms with Crippen LogP contribution in [0.3, 0.4) is 0 Å². The molecule has 0 aromatic carbocycles. The molecule has 3 N–H and O–H groups in total. The zero-order valence-corrected chi connectivity index (χ0v) is 9.85. The molecule has 1 aliphatic heterocycles. The molecule has 0 aliphatic carbocycles. The number of hydrogen-bond donors (Lipinski definition) is 2. The monoisotopic (exact) mass is 221 g/mol. The number of nitrogens with two attached hydrogens (primary N) is 1. The molecule has 2 rings (SSSR count). The molecule has 1 aliphatic rings. The van der Waals surface area contributed by atoms with E-state index in [1.54, 1.807) is 18.5 Å². The largest absolute Gasteiger partial charge is 0.398 e. The quantitative estimate of drug-likeness (QED) is 0.770. The summed E-state index contributed by atoms with van der Waals surface area (Å²) >= 11 is 0. The lowest BCUT2D eigenvalue weighted by molar-refractivity contribution is 0.0521. The van der Waals surface area contributed by atoms with E-state index in [0.717, 1.165) is 12.0 Å². The molecule has 0 radical (unpaired) electrons. The first kappa shape index (κ1) is 11.4. The SMILES string of the molecule is CC1CC(O)(Cc2cnccc2N)CN1C. The fraction of sp³-hybridized carbons (Fsp3) is 0.583. The fourth-order valence-corrected chi connectivity index (χ4v) is 2.46. The van der Waals surface area contributed by atoms with Crippen molar-refractivity contribution < 1.29 is 5.11 Å². The van der Waals surface area contributed by atoms with Crippen molar-refractivity contribution >= 4 is 5.69 Å². The van der Waals surface area contributed by atoms with E-state index in [1.165, 1.54) is 0 Å². The van der Waals surface area contributed by atoms with Crippen LogP contribution in [0.4, 0.5) is 5.69 Å². The second-order valence-corrected chi connectivity index (χ2v) is 4.94. The van der Waals surface area contributed by atoms with Gasteiger partial charge in [0.15, 0.2) is 0 Å². The highest BCUT2D eigenvalue weighted by atomic mass is 16.3. The summed E-state index contributed by atoms with van der Waals surface area (Å²) in [6.07, 6.45) is 4.79. The van der Waals surface area contributed by atoms with Gasteiger partial charge in [0, 0.05) is 37.1 Å². The van der Waals surface area contributed by atoms with Crippen molar-refractivity contribution in [1.29, 1.82) is 0 Å². The normalized spacial score (nSPS) is 30.8. The Morgan fingerprint density at radius 1 is 1.69 bits per heavy atom. The van der Waals surface area contributed by atoms with Crippen molar-refractivity contribution in [3.63, 3.8) is 0 Å². The summed E-state index contributed by atoms with van der Waals surface area (Å²) < 4.78 is 0. The van der Waals surface area contributed by atoms with Gasteiger partial charge in [-0.3, -0.25) is 4.98 Å². The lowest BCUT2D eigenvalue weighted by Gasteiger charge is -2.22. The Morgan fingerprint density at radius 3 is 3.00 bits per heavy atom. The first-order valence-electron chi connectivity index (χ1n) is 5.61.